The fourth-order valence-corrected chi connectivity index (χ4v) is 5.56. The Morgan fingerprint density at radius 1 is 1.13 bits per heavy atom. The van der Waals surface area contributed by atoms with Crippen LogP contribution in [0.15, 0.2) is 58.4 Å². The Kier molecular flexibility index (Phi) is 8.79. The number of carbonyl (C=O) groups excluding carboxylic acids is 1. The highest BCUT2D eigenvalue weighted by Gasteiger charge is 2.28. The van der Waals surface area contributed by atoms with E-state index in [4.69, 9.17) is 0 Å². The number of hydrogen-bond donors (Lipinski definition) is 5. The quantitative estimate of drug-likeness (QED) is 0.311. The van der Waals surface area contributed by atoms with Crippen LogP contribution >= 0.6 is 0 Å². The summed E-state index contributed by atoms with van der Waals surface area (Å²) in [5, 5.41) is 18.5. The molecule has 2 aliphatic heterocycles. The Labute approximate surface area is 220 Å². The molecule has 0 unspecified atom stereocenters. The summed E-state index contributed by atoms with van der Waals surface area (Å²) in [6, 6.07) is 10.3. The fraction of sp³-hybridized carbons (Fsp3) is 0.400. The smallest absolute Gasteiger partial charge is 0.323 e. The number of amides is 1. The molecule has 13 heteroatoms. The van der Waals surface area contributed by atoms with Gasteiger partial charge in [0.15, 0.2) is 11.8 Å². The summed E-state index contributed by atoms with van der Waals surface area (Å²) in [5.41, 5.74) is 0.0300. The van der Waals surface area contributed by atoms with Crippen molar-refractivity contribution in [3.63, 3.8) is 0 Å². The molecule has 1 atom stereocenters. The molecule has 5 N–H and O–H groups in total. The van der Waals surface area contributed by atoms with Gasteiger partial charge in [-0.25, -0.2) is 12.8 Å². The zero-order valence-corrected chi connectivity index (χ0v) is 21.5. The molecule has 1 amide bonds. The van der Waals surface area contributed by atoms with Crippen molar-refractivity contribution in [3.05, 3.63) is 59.9 Å². The molecule has 0 bridgehead atoms. The topological polar surface area (TPSA) is 152 Å². The van der Waals surface area contributed by atoms with Crippen molar-refractivity contribution in [2.45, 2.75) is 36.2 Å². The molecule has 2 aromatic carbocycles. The maximum absolute atomic E-state index is 15.4. The Morgan fingerprint density at radius 2 is 1.87 bits per heavy atom. The van der Waals surface area contributed by atoms with Crippen LogP contribution in [0.5, 0.6) is 0 Å². The average Bonchev–Trinajstić information content (AvgIpc) is 2.92. The summed E-state index contributed by atoms with van der Waals surface area (Å²) in [6.07, 6.45) is 2.53. The van der Waals surface area contributed by atoms with E-state index < -0.39 is 40.3 Å². The van der Waals surface area contributed by atoms with Crippen molar-refractivity contribution in [2.75, 3.05) is 37.6 Å². The van der Waals surface area contributed by atoms with Gasteiger partial charge in [0.2, 0.25) is 10.0 Å². The number of benzene rings is 2. The van der Waals surface area contributed by atoms with E-state index >= 15 is 4.39 Å². The normalized spacial score (nSPS) is 17.2. The molecule has 2 heterocycles. The lowest BCUT2D eigenvalue weighted by Crippen LogP contribution is -2.50. The lowest BCUT2D eigenvalue weighted by molar-refractivity contribution is -0.138. The molecule has 1 saturated heterocycles. The summed E-state index contributed by atoms with van der Waals surface area (Å²) in [4.78, 5) is 30.6. The molecule has 1 fully saturated rings. The molecule has 4 rings (SSSR count). The molecule has 204 valence electrons. The monoisotopic (exact) mass is 546 g/mol. The summed E-state index contributed by atoms with van der Waals surface area (Å²) in [7, 11) is -4.14. The number of halogens is 1. The highest BCUT2D eigenvalue weighted by atomic mass is 32.2. The van der Waals surface area contributed by atoms with E-state index in [0.29, 0.717) is 13.1 Å². The zero-order chi connectivity index (χ0) is 27.1. The minimum atomic E-state index is -4.14. The number of aliphatic carboxylic acids is 1. The number of anilines is 1. The van der Waals surface area contributed by atoms with E-state index in [-0.39, 0.29) is 22.2 Å². The van der Waals surface area contributed by atoms with Gasteiger partial charge in [0.25, 0.3) is 5.91 Å². The molecule has 0 saturated carbocycles. The molecule has 0 spiro atoms. The first-order chi connectivity index (χ1) is 18.2. The summed E-state index contributed by atoms with van der Waals surface area (Å²) >= 11 is 0. The maximum Gasteiger partial charge on any atom is 0.323 e. The molecule has 2 aliphatic rings. The van der Waals surface area contributed by atoms with E-state index in [2.05, 4.69) is 25.7 Å². The maximum atomic E-state index is 15.4. The Balaban J connectivity index is 1.36. The summed E-state index contributed by atoms with van der Waals surface area (Å²) in [6.45, 7) is 2.26. The van der Waals surface area contributed by atoms with Gasteiger partial charge in [-0.2, -0.15) is 4.72 Å². The third-order valence-corrected chi connectivity index (χ3v) is 7.90. The van der Waals surface area contributed by atoms with Crippen molar-refractivity contribution >= 4 is 33.5 Å². The van der Waals surface area contributed by atoms with Gasteiger partial charge in [0.1, 0.15) is 6.04 Å². The highest BCUT2D eigenvalue weighted by molar-refractivity contribution is 7.89. The zero-order valence-electron chi connectivity index (χ0n) is 20.7. The van der Waals surface area contributed by atoms with Gasteiger partial charge in [-0.15, -0.1) is 0 Å². The van der Waals surface area contributed by atoms with E-state index in [1.54, 1.807) is 18.2 Å². The minimum Gasteiger partial charge on any atom is -0.480 e. The summed E-state index contributed by atoms with van der Waals surface area (Å²) in [5.74, 6) is -2.24. The number of guanidine groups is 1. The van der Waals surface area contributed by atoms with Gasteiger partial charge >= 0.3 is 5.97 Å². The number of carboxylic acids is 1. The van der Waals surface area contributed by atoms with Crippen LogP contribution in [-0.2, 0) is 14.8 Å². The molecular formula is C25H31FN6O5S. The number of nitrogens with zero attached hydrogens (tertiary/aromatic N) is 2. The van der Waals surface area contributed by atoms with Gasteiger partial charge in [0.05, 0.1) is 16.1 Å². The van der Waals surface area contributed by atoms with Gasteiger partial charge < -0.3 is 26.0 Å². The van der Waals surface area contributed by atoms with Crippen LogP contribution in [0, 0.1) is 5.82 Å². The molecule has 0 aliphatic carbocycles. The largest absolute Gasteiger partial charge is 0.480 e. The Morgan fingerprint density at radius 3 is 2.53 bits per heavy atom. The molecule has 0 aromatic heterocycles. The number of piperidine rings is 1. The lowest BCUT2D eigenvalue weighted by atomic mass is 10.0. The van der Waals surface area contributed by atoms with Crippen LogP contribution < -0.4 is 25.6 Å². The third-order valence-electron chi connectivity index (χ3n) is 6.41. The second-order valence-corrected chi connectivity index (χ2v) is 10.8. The lowest BCUT2D eigenvalue weighted by Gasteiger charge is -2.35. The number of hydrogen-bond acceptors (Lipinski definition) is 8. The number of rotatable bonds is 9. The van der Waals surface area contributed by atoms with Gasteiger partial charge in [-0.3, -0.25) is 14.6 Å². The van der Waals surface area contributed by atoms with Crippen molar-refractivity contribution in [3.8, 4) is 0 Å². The first-order valence-corrected chi connectivity index (χ1v) is 13.9. The van der Waals surface area contributed by atoms with Crippen LogP contribution in [-0.4, -0.2) is 76.2 Å². The number of nitrogens with one attached hydrogen (secondary N) is 4. The second-order valence-electron chi connectivity index (χ2n) is 9.09. The predicted molar refractivity (Wildman–Crippen MR) is 140 cm³/mol. The van der Waals surface area contributed by atoms with Gasteiger partial charge in [-0.1, -0.05) is 24.3 Å². The van der Waals surface area contributed by atoms with Crippen molar-refractivity contribution in [2.24, 2.45) is 4.99 Å². The second kappa shape index (κ2) is 12.2. The minimum absolute atomic E-state index is 0.113. The Hall–Kier alpha value is -3.71. The van der Waals surface area contributed by atoms with Crippen LogP contribution in [0.3, 0.4) is 0 Å². The van der Waals surface area contributed by atoms with Gasteiger partial charge in [0, 0.05) is 38.8 Å². The SMILES string of the molecule is O=C(NC[C@H](NS(=O)(=O)c1ccccc1)C(=O)O)c1cccc(N2CCC(NC3=NCCCN3)CC2)c1F. The van der Waals surface area contributed by atoms with Gasteiger partial charge in [-0.05, 0) is 43.5 Å². The Bertz CT molecular complexity index is 1280. The molecule has 2 aromatic rings. The van der Waals surface area contributed by atoms with E-state index in [0.717, 1.165) is 38.3 Å². The standard InChI is InChI=1S/C25H31FN6O5S/c26-22-19(23(33)29-16-20(24(34)35)31-38(36,37)18-6-2-1-3-7-18)8-4-9-21(22)32-14-10-17(11-15-32)30-25-27-12-5-13-28-25/h1-4,6-9,17,20,31H,5,10-16H2,(H,29,33)(H,34,35)(H2,27,28,30)/t20-/m0/s1. The molecule has 11 nitrogen and oxygen atoms in total. The highest BCUT2D eigenvalue weighted by Crippen LogP contribution is 2.26. The number of carboxylic acid groups (broad SMARTS) is 1. The van der Waals surface area contributed by atoms with E-state index in [1.165, 1.54) is 30.3 Å². The van der Waals surface area contributed by atoms with Crippen LogP contribution in [0.2, 0.25) is 0 Å². The van der Waals surface area contributed by atoms with Crippen LogP contribution in [0.25, 0.3) is 0 Å². The van der Waals surface area contributed by atoms with Crippen LogP contribution in [0.4, 0.5) is 10.1 Å². The average molecular weight is 547 g/mol. The fourth-order valence-electron chi connectivity index (χ4n) is 4.35. The predicted octanol–water partition coefficient (Wildman–Crippen LogP) is 0.895. The molecule has 0 radical (unpaired) electrons. The van der Waals surface area contributed by atoms with Crippen molar-refractivity contribution in [1.29, 1.82) is 0 Å². The summed E-state index contributed by atoms with van der Waals surface area (Å²) < 4.78 is 42.4. The molecule has 38 heavy (non-hydrogen) atoms. The van der Waals surface area contributed by atoms with Crippen molar-refractivity contribution in [1.82, 2.24) is 20.7 Å². The molecular weight excluding hydrogens is 515 g/mol. The first-order valence-electron chi connectivity index (χ1n) is 12.4. The number of aliphatic imine (C=N–C) groups is 1. The van der Waals surface area contributed by atoms with E-state index in [9.17, 15) is 23.1 Å². The number of sulfonamides is 1. The van der Waals surface area contributed by atoms with Crippen molar-refractivity contribution < 1.29 is 27.5 Å². The number of carbonyl (C=O) groups is 2. The first kappa shape index (κ1) is 27.3. The van der Waals surface area contributed by atoms with Crippen LogP contribution in [0.1, 0.15) is 29.6 Å². The third kappa shape index (κ3) is 6.78. The van der Waals surface area contributed by atoms with E-state index in [1.807, 2.05) is 4.90 Å².